The van der Waals surface area contributed by atoms with Crippen LogP contribution in [0, 0.1) is 6.92 Å². The number of halogens is 1. The van der Waals surface area contributed by atoms with Gasteiger partial charge in [0.2, 0.25) is 0 Å². The van der Waals surface area contributed by atoms with Gasteiger partial charge in [-0.1, -0.05) is 92.9 Å². The fourth-order valence-corrected chi connectivity index (χ4v) is 7.94. The molecule has 3 amide bonds. The normalized spacial score (nSPS) is 14.2. The highest BCUT2D eigenvalue weighted by Crippen LogP contribution is 2.31. The number of aromatic nitrogens is 2. The number of sulfonamides is 1. The maximum atomic E-state index is 14.6. The monoisotopic (exact) mass is 753 g/mol. The summed E-state index contributed by atoms with van der Waals surface area (Å²) in [6, 6.07) is 24.1. The molecule has 0 spiro atoms. The lowest BCUT2D eigenvalue weighted by atomic mass is 9.94. The molecule has 276 valence electrons. The van der Waals surface area contributed by atoms with Gasteiger partial charge in [0.15, 0.2) is 5.69 Å². The van der Waals surface area contributed by atoms with E-state index in [4.69, 9.17) is 11.6 Å². The summed E-state index contributed by atoms with van der Waals surface area (Å²) < 4.78 is 30.5. The summed E-state index contributed by atoms with van der Waals surface area (Å²) in [5, 5.41) is 6.43. The quantitative estimate of drug-likeness (QED) is 0.139. The van der Waals surface area contributed by atoms with E-state index in [2.05, 4.69) is 29.7 Å². The first-order valence-corrected chi connectivity index (χ1v) is 19.9. The van der Waals surface area contributed by atoms with Crippen molar-refractivity contribution in [2.24, 2.45) is 0 Å². The lowest BCUT2D eigenvalue weighted by molar-refractivity contribution is 0.0657. The Bertz CT molecular complexity index is 2300. The number of hydrogen-bond acceptors (Lipinski definition) is 6. The first-order valence-electron chi connectivity index (χ1n) is 18.1. The Balaban J connectivity index is 1.40. The highest BCUT2D eigenvalue weighted by atomic mass is 35.5. The van der Waals surface area contributed by atoms with Crippen molar-refractivity contribution < 1.29 is 22.8 Å². The van der Waals surface area contributed by atoms with Crippen LogP contribution < -0.4 is 4.72 Å². The van der Waals surface area contributed by atoms with Gasteiger partial charge < -0.3 is 9.80 Å². The van der Waals surface area contributed by atoms with Crippen molar-refractivity contribution in [3.8, 4) is 5.69 Å². The molecule has 1 aliphatic rings. The van der Waals surface area contributed by atoms with Gasteiger partial charge >= 0.3 is 0 Å². The molecule has 0 unspecified atom stereocenters. The zero-order valence-corrected chi connectivity index (χ0v) is 32.0. The fraction of sp³-hybridized carbons (Fsp3) is 0.317. The van der Waals surface area contributed by atoms with E-state index in [1.54, 1.807) is 34.9 Å². The number of fused-ring (bicyclic) bond motifs is 2. The molecule has 6 rings (SSSR count). The van der Waals surface area contributed by atoms with Crippen LogP contribution in [0.4, 0.5) is 0 Å². The summed E-state index contributed by atoms with van der Waals surface area (Å²) in [5.74, 6) is -1.56. The van der Waals surface area contributed by atoms with Crippen molar-refractivity contribution in [1.29, 1.82) is 0 Å². The zero-order valence-electron chi connectivity index (χ0n) is 30.4. The Kier molecular flexibility index (Phi) is 11.3. The van der Waals surface area contributed by atoms with Crippen molar-refractivity contribution in [2.75, 3.05) is 13.1 Å². The summed E-state index contributed by atoms with van der Waals surface area (Å²) >= 11 is 6.82. The smallest absolute Gasteiger partial charge is 0.275 e. The zero-order chi connectivity index (χ0) is 37.9. The van der Waals surface area contributed by atoms with E-state index in [0.717, 1.165) is 42.2 Å². The van der Waals surface area contributed by atoms with Crippen LogP contribution in [0.1, 0.15) is 94.5 Å². The molecule has 4 aromatic carbocycles. The predicted octanol–water partition coefficient (Wildman–Crippen LogP) is 7.74. The third-order valence-corrected chi connectivity index (χ3v) is 11.6. The number of amides is 3. The molecule has 0 saturated heterocycles. The van der Waals surface area contributed by atoms with Gasteiger partial charge in [-0.3, -0.25) is 14.4 Å². The van der Waals surface area contributed by atoms with Crippen molar-refractivity contribution in [3.63, 3.8) is 0 Å². The number of carbonyl (C=O) groups excluding carboxylic acids is 3. The topological polar surface area (TPSA) is 122 Å². The number of rotatable bonds is 12. The molecule has 0 aliphatic carbocycles. The standard InChI is InChI=1S/C41H44ClN5O5S/c1-5-7-21-45(22-8-6-2)41(50)38-37(42)28(4)47(43-38)36-20-18-32(25-35(36)40(49)46-26-33-16-12-11-14-30(33)23-27(46)3)39(48)44-53(51,52)34-19-17-29-13-9-10-15-31(29)24-34/h9-20,24-25,27H,5-8,21-23,26H2,1-4H3,(H,44,48)/t27-/m0/s1. The van der Waals surface area contributed by atoms with Crippen LogP contribution in [0.25, 0.3) is 16.5 Å². The number of nitrogens with one attached hydrogen (secondary N) is 1. The van der Waals surface area contributed by atoms with E-state index in [0.29, 0.717) is 42.8 Å². The fourth-order valence-electron chi connectivity index (χ4n) is 6.73. The largest absolute Gasteiger partial charge is 0.337 e. The SMILES string of the molecule is CCCCN(CCCC)C(=O)c1nn(-c2ccc(C(=O)NS(=O)(=O)c3ccc4ccccc4c3)cc2C(=O)N2Cc3ccccc3C[C@@H]2C)c(C)c1Cl. The highest BCUT2D eigenvalue weighted by molar-refractivity contribution is 7.90. The molecule has 0 saturated carbocycles. The molecule has 0 bridgehead atoms. The van der Waals surface area contributed by atoms with E-state index in [9.17, 15) is 22.8 Å². The summed E-state index contributed by atoms with van der Waals surface area (Å²) in [6.07, 6.45) is 4.15. The van der Waals surface area contributed by atoms with Gasteiger partial charge in [0, 0.05) is 31.2 Å². The molecule has 1 atom stereocenters. The number of unbranched alkanes of at least 4 members (excludes halogenated alkanes) is 2. The van der Waals surface area contributed by atoms with Gasteiger partial charge in [-0.05, 0) is 85.3 Å². The minimum Gasteiger partial charge on any atom is -0.337 e. The molecule has 53 heavy (non-hydrogen) atoms. The average molecular weight is 754 g/mol. The van der Waals surface area contributed by atoms with Crippen molar-refractivity contribution >= 4 is 50.1 Å². The van der Waals surface area contributed by atoms with E-state index in [1.807, 2.05) is 43.3 Å². The molecule has 5 aromatic rings. The van der Waals surface area contributed by atoms with E-state index in [1.165, 1.54) is 28.9 Å². The Morgan fingerprint density at radius 1 is 0.887 bits per heavy atom. The summed E-state index contributed by atoms with van der Waals surface area (Å²) in [4.78, 5) is 45.6. The van der Waals surface area contributed by atoms with Crippen molar-refractivity contribution in [1.82, 2.24) is 24.3 Å². The molecule has 0 fully saturated rings. The molecular formula is C41H44ClN5O5S. The van der Waals surface area contributed by atoms with Gasteiger partial charge in [-0.2, -0.15) is 5.10 Å². The Hall–Kier alpha value is -5.00. The Morgan fingerprint density at radius 2 is 1.55 bits per heavy atom. The highest BCUT2D eigenvalue weighted by Gasteiger charge is 2.32. The first-order chi connectivity index (χ1) is 25.4. The summed E-state index contributed by atoms with van der Waals surface area (Å²) in [7, 11) is -4.27. The van der Waals surface area contributed by atoms with Crippen LogP contribution in [0.3, 0.4) is 0 Å². The third-order valence-electron chi connectivity index (χ3n) is 9.84. The van der Waals surface area contributed by atoms with Gasteiger partial charge in [0.05, 0.1) is 26.9 Å². The minimum absolute atomic E-state index is 0.0379. The molecule has 1 aromatic heterocycles. The van der Waals surface area contributed by atoms with E-state index >= 15 is 0 Å². The summed E-state index contributed by atoms with van der Waals surface area (Å²) in [5.41, 5.74) is 3.08. The van der Waals surface area contributed by atoms with Gasteiger partial charge in [-0.25, -0.2) is 17.8 Å². The predicted molar refractivity (Wildman–Crippen MR) is 207 cm³/mol. The Labute approximate surface area is 315 Å². The average Bonchev–Trinajstić information content (AvgIpc) is 3.46. The number of nitrogens with zero attached hydrogens (tertiary/aromatic N) is 4. The number of carbonyl (C=O) groups is 3. The van der Waals surface area contributed by atoms with Gasteiger partial charge in [-0.15, -0.1) is 0 Å². The van der Waals surface area contributed by atoms with Crippen LogP contribution in [0.15, 0.2) is 89.8 Å². The second-order valence-corrected chi connectivity index (χ2v) is 15.6. The molecule has 0 radical (unpaired) electrons. The molecule has 12 heteroatoms. The van der Waals surface area contributed by atoms with Crippen LogP contribution in [0.2, 0.25) is 5.02 Å². The van der Waals surface area contributed by atoms with Crippen LogP contribution in [-0.4, -0.2) is 64.9 Å². The van der Waals surface area contributed by atoms with E-state index in [-0.39, 0.29) is 44.6 Å². The second-order valence-electron chi connectivity index (χ2n) is 13.6. The first kappa shape index (κ1) is 37.7. The molecule has 2 heterocycles. The van der Waals surface area contributed by atoms with Gasteiger partial charge in [0.1, 0.15) is 0 Å². The van der Waals surface area contributed by atoms with Crippen molar-refractivity contribution in [3.05, 3.63) is 124 Å². The van der Waals surface area contributed by atoms with E-state index < -0.39 is 15.9 Å². The van der Waals surface area contributed by atoms with Crippen LogP contribution >= 0.6 is 11.6 Å². The Morgan fingerprint density at radius 3 is 2.25 bits per heavy atom. The maximum absolute atomic E-state index is 14.6. The second kappa shape index (κ2) is 15.9. The van der Waals surface area contributed by atoms with Gasteiger partial charge in [0.25, 0.3) is 27.7 Å². The lowest BCUT2D eigenvalue weighted by Gasteiger charge is -2.35. The molecule has 10 nitrogen and oxygen atoms in total. The molecular weight excluding hydrogens is 710 g/mol. The molecule has 1 aliphatic heterocycles. The third kappa shape index (κ3) is 7.87. The molecule has 1 N–H and O–H groups in total. The summed E-state index contributed by atoms with van der Waals surface area (Å²) in [6.45, 7) is 9.31. The maximum Gasteiger partial charge on any atom is 0.275 e. The van der Waals surface area contributed by atoms with Crippen LogP contribution in [-0.2, 0) is 23.0 Å². The number of hydrogen-bond donors (Lipinski definition) is 1. The lowest BCUT2D eigenvalue weighted by Crippen LogP contribution is -2.43. The van der Waals surface area contributed by atoms with Crippen LogP contribution in [0.5, 0.6) is 0 Å². The minimum atomic E-state index is -4.27. The number of benzene rings is 4. The van der Waals surface area contributed by atoms with Crippen molar-refractivity contribution in [2.45, 2.75) is 77.3 Å².